The van der Waals surface area contributed by atoms with Crippen molar-refractivity contribution in [2.45, 2.75) is 45.1 Å². The Morgan fingerprint density at radius 3 is 2.74 bits per heavy atom. The minimum Gasteiger partial charge on any atom is -0.466 e. The Bertz CT molecular complexity index is 844. The van der Waals surface area contributed by atoms with Gasteiger partial charge in [0.05, 0.1) is 13.0 Å². The van der Waals surface area contributed by atoms with Gasteiger partial charge in [0, 0.05) is 32.4 Å². The molecule has 2 N–H and O–H groups in total. The number of carbonyl (C=O) groups excluding carboxylic acids is 2. The summed E-state index contributed by atoms with van der Waals surface area (Å²) in [6.07, 6.45) is 4.70. The van der Waals surface area contributed by atoms with Crippen molar-refractivity contribution >= 4 is 17.8 Å². The van der Waals surface area contributed by atoms with Crippen LogP contribution in [0.3, 0.4) is 0 Å². The number of hydrogen-bond acceptors (Lipinski definition) is 5. The summed E-state index contributed by atoms with van der Waals surface area (Å²) in [5.74, 6) is 0.761. The van der Waals surface area contributed by atoms with Crippen molar-refractivity contribution in [1.82, 2.24) is 15.2 Å². The third-order valence-electron chi connectivity index (χ3n) is 5.46. The lowest BCUT2D eigenvalue weighted by atomic mass is 9.90. The molecule has 1 aliphatic rings. The number of aromatic nitrogens is 1. The molecule has 2 heterocycles. The van der Waals surface area contributed by atoms with Crippen LogP contribution in [0.25, 0.3) is 0 Å². The van der Waals surface area contributed by atoms with E-state index in [9.17, 15) is 9.59 Å². The van der Waals surface area contributed by atoms with Gasteiger partial charge in [-0.15, -0.1) is 0 Å². The molecule has 0 bridgehead atoms. The zero-order valence-electron chi connectivity index (χ0n) is 18.2. The first-order chi connectivity index (χ1) is 15.2. The van der Waals surface area contributed by atoms with Crippen molar-refractivity contribution in [3.05, 3.63) is 59.8 Å². The quantitative estimate of drug-likeness (QED) is 0.471. The third kappa shape index (κ3) is 6.98. The topological polar surface area (TPSA) is 83.6 Å². The van der Waals surface area contributed by atoms with E-state index >= 15 is 0 Å². The summed E-state index contributed by atoms with van der Waals surface area (Å²) in [7, 11) is 0. The highest BCUT2D eigenvalue weighted by Gasteiger charge is 2.26. The van der Waals surface area contributed by atoms with Crippen molar-refractivity contribution in [3.63, 3.8) is 0 Å². The van der Waals surface area contributed by atoms with Gasteiger partial charge in [-0.25, -0.2) is 9.78 Å². The van der Waals surface area contributed by atoms with Crippen molar-refractivity contribution in [2.75, 3.05) is 31.6 Å². The Labute approximate surface area is 184 Å². The largest absolute Gasteiger partial charge is 0.466 e. The van der Waals surface area contributed by atoms with Gasteiger partial charge in [0.2, 0.25) is 0 Å². The van der Waals surface area contributed by atoms with Gasteiger partial charge in [-0.2, -0.15) is 0 Å². The SMILES string of the molecule is CCOC(=O)CC1CCN(C(=O)NCCCCNc2ccccn2)Cc2ccccc21. The molecule has 1 aromatic heterocycles. The summed E-state index contributed by atoms with van der Waals surface area (Å²) < 4.78 is 5.15. The van der Waals surface area contributed by atoms with Crippen molar-refractivity contribution in [3.8, 4) is 0 Å². The second-order valence-corrected chi connectivity index (χ2v) is 7.70. The number of ether oxygens (including phenoxy) is 1. The Morgan fingerprint density at radius 1 is 1.13 bits per heavy atom. The number of anilines is 1. The molecule has 7 nitrogen and oxygen atoms in total. The molecule has 1 aliphatic heterocycles. The monoisotopic (exact) mass is 424 g/mol. The number of amides is 2. The standard InChI is InChI=1S/C24H32N4O3/c1-2-31-23(29)17-19-12-16-28(18-20-9-3-4-10-21(19)20)24(30)27-15-8-7-14-26-22-11-5-6-13-25-22/h3-6,9-11,13,19H,2,7-8,12,14-18H2,1H3,(H,25,26)(H,27,30). The van der Waals surface area contributed by atoms with Crippen LogP contribution in [0.15, 0.2) is 48.7 Å². The number of esters is 1. The van der Waals surface area contributed by atoms with Gasteiger partial charge in [0.25, 0.3) is 0 Å². The maximum absolute atomic E-state index is 12.7. The van der Waals surface area contributed by atoms with E-state index in [1.807, 2.05) is 48.2 Å². The number of unbranched alkanes of at least 4 members (excludes halogenated alkanes) is 1. The van der Waals surface area contributed by atoms with E-state index in [0.717, 1.165) is 42.8 Å². The van der Waals surface area contributed by atoms with E-state index in [1.54, 1.807) is 6.20 Å². The van der Waals surface area contributed by atoms with E-state index in [4.69, 9.17) is 4.74 Å². The van der Waals surface area contributed by atoms with Crippen LogP contribution in [0.2, 0.25) is 0 Å². The Hall–Kier alpha value is -3.09. The van der Waals surface area contributed by atoms with Crippen molar-refractivity contribution in [2.24, 2.45) is 0 Å². The third-order valence-corrected chi connectivity index (χ3v) is 5.46. The number of urea groups is 1. The average molecular weight is 425 g/mol. The van der Waals surface area contributed by atoms with Crippen molar-refractivity contribution in [1.29, 1.82) is 0 Å². The Balaban J connectivity index is 1.46. The summed E-state index contributed by atoms with van der Waals surface area (Å²) in [6.45, 7) is 4.83. The van der Waals surface area contributed by atoms with E-state index in [-0.39, 0.29) is 17.9 Å². The number of rotatable bonds is 9. The summed E-state index contributed by atoms with van der Waals surface area (Å²) in [4.78, 5) is 30.9. The fourth-order valence-corrected chi connectivity index (χ4v) is 3.88. The van der Waals surface area contributed by atoms with Crippen LogP contribution in [0.5, 0.6) is 0 Å². The number of nitrogens with one attached hydrogen (secondary N) is 2. The zero-order valence-corrected chi connectivity index (χ0v) is 18.2. The van der Waals surface area contributed by atoms with E-state index < -0.39 is 0 Å². The Morgan fingerprint density at radius 2 is 1.94 bits per heavy atom. The number of pyridine rings is 1. The van der Waals surface area contributed by atoms with E-state index in [2.05, 4.69) is 21.7 Å². The summed E-state index contributed by atoms with van der Waals surface area (Å²) in [5, 5.41) is 6.31. The lowest BCUT2D eigenvalue weighted by Gasteiger charge is -2.21. The first-order valence-corrected chi connectivity index (χ1v) is 11.1. The van der Waals surface area contributed by atoms with Crippen LogP contribution in [0, 0.1) is 0 Å². The highest BCUT2D eigenvalue weighted by atomic mass is 16.5. The molecule has 0 aliphatic carbocycles. The second-order valence-electron chi connectivity index (χ2n) is 7.70. The number of fused-ring (bicyclic) bond motifs is 1. The molecule has 7 heteroatoms. The maximum Gasteiger partial charge on any atom is 0.317 e. The highest BCUT2D eigenvalue weighted by molar-refractivity contribution is 5.74. The molecule has 166 valence electrons. The molecule has 0 saturated heterocycles. The molecular formula is C24H32N4O3. The smallest absolute Gasteiger partial charge is 0.317 e. The summed E-state index contributed by atoms with van der Waals surface area (Å²) in [6, 6.07) is 13.8. The maximum atomic E-state index is 12.7. The van der Waals surface area contributed by atoms with Crippen LogP contribution in [-0.2, 0) is 16.1 Å². The lowest BCUT2D eigenvalue weighted by Crippen LogP contribution is -2.40. The molecule has 2 amide bonds. The molecule has 1 atom stereocenters. The van der Waals surface area contributed by atoms with Gasteiger partial charge in [-0.05, 0) is 55.4 Å². The summed E-state index contributed by atoms with van der Waals surface area (Å²) in [5.41, 5.74) is 2.25. The van der Waals surface area contributed by atoms with Gasteiger partial charge >= 0.3 is 12.0 Å². The number of hydrogen-bond donors (Lipinski definition) is 2. The van der Waals surface area contributed by atoms with Crippen LogP contribution >= 0.6 is 0 Å². The summed E-state index contributed by atoms with van der Waals surface area (Å²) >= 11 is 0. The van der Waals surface area contributed by atoms with Crippen LogP contribution < -0.4 is 10.6 Å². The predicted octanol–water partition coefficient (Wildman–Crippen LogP) is 3.93. The Kier molecular flexibility index (Phi) is 8.70. The molecular weight excluding hydrogens is 392 g/mol. The van der Waals surface area contributed by atoms with Gasteiger partial charge < -0.3 is 20.3 Å². The molecule has 0 spiro atoms. The molecule has 0 saturated carbocycles. The van der Waals surface area contributed by atoms with Crippen LogP contribution in [-0.4, -0.2) is 48.1 Å². The first kappa shape index (κ1) is 22.6. The number of carbonyl (C=O) groups is 2. The van der Waals surface area contributed by atoms with Gasteiger partial charge in [-0.3, -0.25) is 4.79 Å². The van der Waals surface area contributed by atoms with Gasteiger partial charge in [0.15, 0.2) is 0 Å². The van der Waals surface area contributed by atoms with E-state index in [1.165, 1.54) is 0 Å². The minimum absolute atomic E-state index is 0.0516. The average Bonchev–Trinajstić information content (AvgIpc) is 2.97. The molecule has 31 heavy (non-hydrogen) atoms. The highest BCUT2D eigenvalue weighted by Crippen LogP contribution is 2.31. The fourth-order valence-electron chi connectivity index (χ4n) is 3.88. The molecule has 1 aromatic carbocycles. The zero-order chi connectivity index (χ0) is 21.9. The van der Waals surface area contributed by atoms with Gasteiger partial charge in [0.1, 0.15) is 5.82 Å². The minimum atomic E-state index is -0.181. The molecule has 1 unspecified atom stereocenters. The van der Waals surface area contributed by atoms with Gasteiger partial charge in [-0.1, -0.05) is 30.3 Å². The molecule has 0 fully saturated rings. The normalized spacial score (nSPS) is 15.5. The molecule has 0 radical (unpaired) electrons. The second kappa shape index (κ2) is 11.9. The van der Waals surface area contributed by atoms with Crippen LogP contribution in [0.4, 0.5) is 10.6 Å². The van der Waals surface area contributed by atoms with E-state index in [0.29, 0.717) is 32.7 Å². The predicted molar refractivity (Wildman–Crippen MR) is 121 cm³/mol. The number of benzene rings is 1. The molecule has 2 aromatic rings. The molecule has 3 rings (SSSR count). The van der Waals surface area contributed by atoms with Crippen molar-refractivity contribution < 1.29 is 14.3 Å². The number of nitrogens with zero attached hydrogens (tertiary/aromatic N) is 2. The fraction of sp³-hybridized carbons (Fsp3) is 0.458. The lowest BCUT2D eigenvalue weighted by molar-refractivity contribution is -0.143. The first-order valence-electron chi connectivity index (χ1n) is 11.1. The van der Waals surface area contributed by atoms with Crippen LogP contribution in [0.1, 0.15) is 49.7 Å².